The Bertz CT molecular complexity index is 186. The minimum Gasteiger partial charge on any atom is -0.251 e. The van der Waals surface area contributed by atoms with Crippen molar-refractivity contribution in [3.8, 4) is 0 Å². The van der Waals surface area contributed by atoms with Crippen molar-refractivity contribution in [2.45, 2.75) is 50.5 Å². The van der Waals surface area contributed by atoms with Crippen LogP contribution in [-0.4, -0.2) is 31.4 Å². The first-order valence-electron chi connectivity index (χ1n) is 6.12. The van der Waals surface area contributed by atoms with Crippen molar-refractivity contribution in [1.29, 1.82) is 0 Å². The zero-order valence-corrected chi connectivity index (χ0v) is 12.6. The smallest absolute Gasteiger partial charge is 0.251 e. The number of rotatable bonds is 10. The van der Waals surface area contributed by atoms with Crippen LogP contribution in [0.3, 0.4) is 0 Å². The molecule has 0 fully saturated rings. The van der Waals surface area contributed by atoms with E-state index in [1.165, 1.54) is 0 Å². The van der Waals surface area contributed by atoms with Crippen molar-refractivity contribution in [1.82, 2.24) is 0 Å². The standard InChI is InChI=1S/C10H21F5Si2/c1-9(8-17(13,14)15)4-6-16-7-10(12)3-2-5-11/h9-10H,2-8,16H2,1H3. The Kier molecular flexibility index (Phi) is 9.12. The molecule has 0 spiro atoms. The molecule has 0 aromatic carbocycles. The monoisotopic (exact) mass is 292 g/mol. The molecule has 0 aromatic heterocycles. The second-order valence-corrected chi connectivity index (χ2v) is 8.27. The molecule has 0 rings (SSSR count). The summed E-state index contributed by atoms with van der Waals surface area (Å²) in [5.41, 5.74) is 0. The van der Waals surface area contributed by atoms with E-state index in [0.717, 1.165) is 6.04 Å². The van der Waals surface area contributed by atoms with Gasteiger partial charge in [0.25, 0.3) is 0 Å². The first-order valence-corrected chi connectivity index (χ1v) is 9.96. The molecule has 0 aliphatic carbocycles. The first-order chi connectivity index (χ1) is 7.85. The Morgan fingerprint density at radius 1 is 1.18 bits per heavy atom. The minimum atomic E-state index is -5.42. The summed E-state index contributed by atoms with van der Waals surface area (Å²) in [5, 5.41) is 0. The predicted molar refractivity (Wildman–Crippen MR) is 65.9 cm³/mol. The maximum atomic E-state index is 13.1. The molecule has 0 nitrogen and oxygen atoms in total. The summed E-state index contributed by atoms with van der Waals surface area (Å²) < 4.78 is 61.2. The summed E-state index contributed by atoms with van der Waals surface area (Å²) in [5.74, 6) is -0.307. The van der Waals surface area contributed by atoms with Crippen molar-refractivity contribution < 1.29 is 21.1 Å². The number of hydrogen-bond acceptors (Lipinski definition) is 0. The highest BCUT2D eigenvalue weighted by Crippen LogP contribution is 2.24. The van der Waals surface area contributed by atoms with Gasteiger partial charge in [0.05, 0.1) is 12.8 Å². The molecule has 0 aliphatic rings. The molecule has 0 saturated carbocycles. The second kappa shape index (κ2) is 9.07. The van der Waals surface area contributed by atoms with Crippen molar-refractivity contribution in [2.24, 2.45) is 5.92 Å². The Morgan fingerprint density at radius 3 is 2.35 bits per heavy atom. The van der Waals surface area contributed by atoms with Crippen LogP contribution >= 0.6 is 0 Å². The van der Waals surface area contributed by atoms with E-state index in [1.54, 1.807) is 6.92 Å². The van der Waals surface area contributed by atoms with Gasteiger partial charge in [-0.1, -0.05) is 19.4 Å². The molecule has 0 heterocycles. The van der Waals surface area contributed by atoms with Crippen molar-refractivity contribution in [3.63, 3.8) is 0 Å². The number of hydrogen-bond donors (Lipinski definition) is 0. The fourth-order valence-corrected chi connectivity index (χ4v) is 4.80. The normalized spacial score (nSPS) is 16.6. The van der Waals surface area contributed by atoms with Gasteiger partial charge in [-0.3, -0.25) is 4.39 Å². The van der Waals surface area contributed by atoms with Crippen LogP contribution in [0.25, 0.3) is 0 Å². The fourth-order valence-electron chi connectivity index (χ4n) is 1.80. The van der Waals surface area contributed by atoms with E-state index in [-0.39, 0.29) is 18.8 Å². The van der Waals surface area contributed by atoms with E-state index in [4.69, 9.17) is 0 Å². The highest BCUT2D eigenvalue weighted by molar-refractivity contribution is 6.58. The molecule has 2 atom stereocenters. The van der Waals surface area contributed by atoms with Crippen LogP contribution in [0.2, 0.25) is 18.1 Å². The lowest BCUT2D eigenvalue weighted by Gasteiger charge is -2.12. The lowest BCUT2D eigenvalue weighted by molar-refractivity contribution is 0.316. The van der Waals surface area contributed by atoms with Gasteiger partial charge in [-0.25, -0.2) is 16.7 Å². The van der Waals surface area contributed by atoms with E-state index in [2.05, 4.69) is 0 Å². The number of alkyl halides is 2. The Hall–Kier alpha value is 0.0838. The van der Waals surface area contributed by atoms with Crippen LogP contribution in [-0.2, 0) is 0 Å². The van der Waals surface area contributed by atoms with E-state index in [9.17, 15) is 21.1 Å². The van der Waals surface area contributed by atoms with Gasteiger partial charge in [-0.05, 0) is 24.8 Å². The topological polar surface area (TPSA) is 0 Å². The highest BCUT2D eigenvalue weighted by Gasteiger charge is 2.37. The lowest BCUT2D eigenvalue weighted by atomic mass is 10.2. The minimum absolute atomic E-state index is 0.256. The third-order valence-electron chi connectivity index (χ3n) is 2.70. The lowest BCUT2D eigenvalue weighted by Crippen LogP contribution is -2.18. The molecule has 0 saturated heterocycles. The van der Waals surface area contributed by atoms with Crippen LogP contribution < -0.4 is 0 Å². The third kappa shape index (κ3) is 12.3. The molecule has 17 heavy (non-hydrogen) atoms. The van der Waals surface area contributed by atoms with E-state index in [0.29, 0.717) is 12.5 Å². The average Bonchev–Trinajstić information content (AvgIpc) is 2.19. The van der Waals surface area contributed by atoms with Gasteiger partial charge in [0.2, 0.25) is 0 Å². The Balaban J connectivity index is 3.44. The van der Waals surface area contributed by atoms with Crippen LogP contribution in [0, 0.1) is 5.92 Å². The molecule has 0 amide bonds. The molecule has 2 unspecified atom stereocenters. The van der Waals surface area contributed by atoms with Crippen molar-refractivity contribution in [3.05, 3.63) is 0 Å². The summed E-state index contributed by atoms with van der Waals surface area (Å²) >= 11 is 0. The first kappa shape index (κ1) is 17.1. The molecule has 7 heteroatoms. The molecule has 0 radical (unpaired) electrons. The van der Waals surface area contributed by atoms with Gasteiger partial charge in [0.1, 0.15) is 0 Å². The molecule has 104 valence electrons. The summed E-state index contributed by atoms with van der Waals surface area (Å²) in [6.45, 7) is 1.13. The molecular formula is C10H21F5Si2. The zero-order chi connectivity index (χ0) is 13.3. The quantitative estimate of drug-likeness (QED) is 0.247. The fraction of sp³-hybridized carbons (Fsp3) is 1.00. The van der Waals surface area contributed by atoms with Gasteiger partial charge >= 0.3 is 9.08 Å². The Morgan fingerprint density at radius 2 is 1.82 bits per heavy atom. The van der Waals surface area contributed by atoms with Crippen molar-refractivity contribution in [2.75, 3.05) is 6.67 Å². The van der Waals surface area contributed by atoms with Gasteiger partial charge < -0.3 is 0 Å². The Labute approximate surface area is 103 Å². The molecule has 0 aliphatic heterocycles. The summed E-state index contributed by atoms with van der Waals surface area (Å²) in [7, 11) is -6.03. The van der Waals surface area contributed by atoms with E-state index in [1.807, 2.05) is 0 Å². The molecule has 0 N–H and O–H groups in total. The predicted octanol–water partition coefficient (Wildman–Crippen LogP) is 3.95. The second-order valence-electron chi connectivity index (χ2n) is 4.64. The average molecular weight is 292 g/mol. The highest BCUT2D eigenvalue weighted by atomic mass is 28.5. The van der Waals surface area contributed by atoms with Crippen LogP contribution in [0.4, 0.5) is 21.1 Å². The van der Waals surface area contributed by atoms with Crippen LogP contribution in [0.5, 0.6) is 0 Å². The van der Waals surface area contributed by atoms with Gasteiger partial charge in [0, 0.05) is 15.6 Å². The largest absolute Gasteiger partial charge is 0.616 e. The summed E-state index contributed by atoms with van der Waals surface area (Å²) in [6, 6.07) is 0.639. The molecule has 0 aromatic rings. The van der Waals surface area contributed by atoms with E-state index < -0.39 is 37.5 Å². The van der Waals surface area contributed by atoms with Gasteiger partial charge in [-0.15, -0.1) is 0 Å². The van der Waals surface area contributed by atoms with Gasteiger partial charge in [0.15, 0.2) is 0 Å². The maximum absolute atomic E-state index is 13.1. The van der Waals surface area contributed by atoms with Crippen molar-refractivity contribution >= 4 is 18.6 Å². The zero-order valence-electron chi connectivity index (χ0n) is 10.2. The number of halogens is 5. The molecular weight excluding hydrogens is 271 g/mol. The third-order valence-corrected chi connectivity index (χ3v) is 5.80. The van der Waals surface area contributed by atoms with Crippen LogP contribution in [0.1, 0.15) is 26.2 Å². The summed E-state index contributed by atoms with van der Waals surface area (Å²) in [4.78, 5) is 0. The molecule has 0 bridgehead atoms. The van der Waals surface area contributed by atoms with Gasteiger partial charge in [-0.2, -0.15) is 0 Å². The van der Waals surface area contributed by atoms with E-state index >= 15 is 0 Å². The summed E-state index contributed by atoms with van der Waals surface area (Å²) in [6.07, 6.45) is 0.138. The maximum Gasteiger partial charge on any atom is 0.616 e. The van der Waals surface area contributed by atoms with Crippen LogP contribution in [0.15, 0.2) is 0 Å². The SMILES string of the molecule is CC(CC[SiH2]CC(F)CCCF)C[Si](F)(F)F.